The number of fused-ring (bicyclic) bond motifs is 1. The Morgan fingerprint density at radius 2 is 2.30 bits per heavy atom. The number of aromatic nitrogens is 6. The number of nitrogens with zero attached hydrogens (tertiary/aromatic N) is 7. The van der Waals surface area contributed by atoms with Crippen LogP contribution in [0.1, 0.15) is 19.3 Å². The normalized spacial score (nSPS) is 18.0. The number of rotatable bonds is 5. The maximum absolute atomic E-state index is 12.0. The van der Waals surface area contributed by atoms with Gasteiger partial charge < -0.3 is 5.32 Å². The van der Waals surface area contributed by atoms with Crippen molar-refractivity contribution in [2.75, 3.05) is 18.4 Å². The van der Waals surface area contributed by atoms with Gasteiger partial charge in [0.25, 0.3) is 0 Å². The molecule has 0 aromatic carbocycles. The van der Waals surface area contributed by atoms with Crippen molar-refractivity contribution in [1.29, 1.82) is 5.26 Å². The van der Waals surface area contributed by atoms with Crippen molar-refractivity contribution >= 4 is 17.5 Å². The van der Waals surface area contributed by atoms with E-state index in [4.69, 9.17) is 5.26 Å². The number of carbonyl (C=O) groups is 1. The van der Waals surface area contributed by atoms with Crippen LogP contribution in [0.25, 0.3) is 17.0 Å². The molecule has 10 heteroatoms. The monoisotopic (exact) mass is 363 g/mol. The van der Waals surface area contributed by atoms with Crippen molar-refractivity contribution in [3.05, 3.63) is 24.7 Å². The Labute approximate surface area is 154 Å². The molecule has 1 aliphatic carbocycles. The van der Waals surface area contributed by atoms with Gasteiger partial charge in [0.2, 0.25) is 11.9 Å². The highest BCUT2D eigenvalue weighted by Crippen LogP contribution is 2.30. The molecule has 136 valence electrons. The molecular weight excluding hydrogens is 346 g/mol. The molecule has 4 heterocycles. The van der Waals surface area contributed by atoms with Crippen LogP contribution in [-0.2, 0) is 10.3 Å². The lowest BCUT2D eigenvalue weighted by Gasteiger charge is -2.41. The van der Waals surface area contributed by atoms with E-state index in [1.165, 1.54) is 0 Å². The zero-order valence-corrected chi connectivity index (χ0v) is 14.5. The molecule has 10 nitrogen and oxygen atoms in total. The van der Waals surface area contributed by atoms with Crippen molar-refractivity contribution in [3.8, 4) is 17.5 Å². The van der Waals surface area contributed by atoms with Crippen molar-refractivity contribution < 1.29 is 4.79 Å². The van der Waals surface area contributed by atoms with Gasteiger partial charge in [-0.15, -0.1) is 5.10 Å². The van der Waals surface area contributed by atoms with Crippen LogP contribution in [0.15, 0.2) is 24.7 Å². The van der Waals surface area contributed by atoms with E-state index in [1.807, 2.05) is 10.9 Å². The predicted octanol–water partition coefficient (Wildman–Crippen LogP) is 0.548. The minimum atomic E-state index is -0.313. The van der Waals surface area contributed by atoms with Crippen LogP contribution >= 0.6 is 0 Å². The van der Waals surface area contributed by atoms with Gasteiger partial charge in [-0.25, -0.2) is 4.98 Å². The van der Waals surface area contributed by atoms with Crippen LogP contribution in [0.2, 0.25) is 0 Å². The standard InChI is InChI=1S/C17H17N9O/c18-5-4-17(9-19-10-17)25-8-12(7-21-25)14-20-6-3-13-22-16(24-26(13)14)23-15(27)11-1-2-11/h3,6-8,11,19H,1-2,4,9-10H2,(H,23,24,27). The first-order valence-electron chi connectivity index (χ1n) is 8.84. The summed E-state index contributed by atoms with van der Waals surface area (Å²) >= 11 is 0. The summed E-state index contributed by atoms with van der Waals surface area (Å²) in [6.45, 7) is 1.42. The first-order chi connectivity index (χ1) is 13.2. The second-order valence-electron chi connectivity index (χ2n) is 7.07. The third-order valence-corrected chi connectivity index (χ3v) is 5.08. The lowest BCUT2D eigenvalue weighted by Crippen LogP contribution is -2.60. The summed E-state index contributed by atoms with van der Waals surface area (Å²) in [7, 11) is 0. The van der Waals surface area contributed by atoms with Gasteiger partial charge in [-0.2, -0.15) is 19.9 Å². The Morgan fingerprint density at radius 1 is 1.44 bits per heavy atom. The number of anilines is 1. The molecular formula is C17H17N9O. The first kappa shape index (κ1) is 15.9. The van der Waals surface area contributed by atoms with Gasteiger partial charge in [0.1, 0.15) is 5.54 Å². The van der Waals surface area contributed by atoms with Crippen LogP contribution in [-0.4, -0.2) is 48.4 Å². The van der Waals surface area contributed by atoms with E-state index in [0.29, 0.717) is 31.0 Å². The third kappa shape index (κ3) is 2.63. The third-order valence-electron chi connectivity index (χ3n) is 5.08. The zero-order valence-electron chi connectivity index (χ0n) is 14.5. The van der Waals surface area contributed by atoms with E-state index in [0.717, 1.165) is 18.4 Å². The molecule has 1 amide bonds. The van der Waals surface area contributed by atoms with E-state index < -0.39 is 0 Å². The van der Waals surface area contributed by atoms with E-state index >= 15 is 0 Å². The van der Waals surface area contributed by atoms with Crippen LogP contribution in [0.3, 0.4) is 0 Å². The topological polar surface area (TPSA) is 126 Å². The van der Waals surface area contributed by atoms with Crippen LogP contribution in [0, 0.1) is 17.2 Å². The molecule has 0 atom stereocenters. The van der Waals surface area contributed by atoms with E-state index in [2.05, 4.69) is 36.9 Å². The molecule has 1 aliphatic heterocycles. The molecule has 3 aromatic heterocycles. The first-order valence-corrected chi connectivity index (χ1v) is 8.84. The minimum Gasteiger partial charge on any atom is -0.312 e. The summed E-state index contributed by atoms with van der Waals surface area (Å²) in [5.74, 6) is 0.902. The molecule has 0 spiro atoms. The van der Waals surface area contributed by atoms with Crippen molar-refractivity contribution in [3.63, 3.8) is 0 Å². The molecule has 3 aromatic rings. The molecule has 2 aliphatic rings. The molecule has 2 N–H and O–H groups in total. The quantitative estimate of drug-likeness (QED) is 0.678. The van der Waals surface area contributed by atoms with Gasteiger partial charge in [0.15, 0.2) is 11.5 Å². The number of carbonyl (C=O) groups excluding carboxylic acids is 1. The average Bonchev–Trinajstić information content (AvgIpc) is 3.23. The second kappa shape index (κ2) is 5.85. The van der Waals surface area contributed by atoms with E-state index in [-0.39, 0.29) is 23.3 Å². The smallest absolute Gasteiger partial charge is 0.249 e. The fourth-order valence-electron chi connectivity index (χ4n) is 3.25. The maximum atomic E-state index is 12.0. The van der Waals surface area contributed by atoms with Gasteiger partial charge >= 0.3 is 0 Å². The fourth-order valence-corrected chi connectivity index (χ4v) is 3.25. The molecule has 27 heavy (non-hydrogen) atoms. The number of hydrogen-bond donors (Lipinski definition) is 2. The van der Waals surface area contributed by atoms with Crippen LogP contribution in [0.4, 0.5) is 5.95 Å². The summed E-state index contributed by atoms with van der Waals surface area (Å²) in [6.07, 6.45) is 7.47. The molecule has 0 radical (unpaired) electrons. The second-order valence-corrected chi connectivity index (χ2v) is 7.07. The molecule has 0 bridgehead atoms. The summed E-state index contributed by atoms with van der Waals surface area (Å²) in [5.41, 5.74) is 1.05. The van der Waals surface area contributed by atoms with Gasteiger partial charge in [-0.05, 0) is 12.8 Å². The highest BCUT2D eigenvalue weighted by Gasteiger charge is 2.39. The molecule has 1 saturated heterocycles. The number of amides is 1. The van der Waals surface area contributed by atoms with Crippen molar-refractivity contribution in [2.24, 2.45) is 5.92 Å². The Morgan fingerprint density at radius 3 is 3.00 bits per heavy atom. The Hall–Kier alpha value is -3.32. The molecule has 2 fully saturated rings. The molecule has 5 rings (SSSR count). The van der Waals surface area contributed by atoms with Gasteiger partial charge in [-0.1, -0.05) is 0 Å². The average molecular weight is 363 g/mol. The van der Waals surface area contributed by atoms with Gasteiger partial charge in [0, 0.05) is 37.5 Å². The number of hydrogen-bond acceptors (Lipinski definition) is 7. The largest absolute Gasteiger partial charge is 0.312 e. The highest BCUT2D eigenvalue weighted by atomic mass is 16.2. The lowest BCUT2D eigenvalue weighted by atomic mass is 9.89. The van der Waals surface area contributed by atoms with E-state index in [1.54, 1.807) is 23.0 Å². The zero-order chi connectivity index (χ0) is 18.4. The Kier molecular flexibility index (Phi) is 3.45. The van der Waals surface area contributed by atoms with Crippen LogP contribution in [0.5, 0.6) is 0 Å². The summed E-state index contributed by atoms with van der Waals surface area (Å²) in [6, 6.07) is 3.98. The predicted molar refractivity (Wildman–Crippen MR) is 94.4 cm³/mol. The molecule has 1 saturated carbocycles. The fraction of sp³-hybridized carbons (Fsp3) is 0.412. The maximum Gasteiger partial charge on any atom is 0.249 e. The minimum absolute atomic E-state index is 0.0378. The van der Waals surface area contributed by atoms with Gasteiger partial charge in [0.05, 0.1) is 24.3 Å². The van der Waals surface area contributed by atoms with Crippen molar-refractivity contribution in [1.82, 2.24) is 34.7 Å². The SMILES string of the molecule is N#CCC1(n2cc(-c3nccc4nc(NC(=O)C5CC5)nn34)cn2)CNC1. The van der Waals surface area contributed by atoms with E-state index in [9.17, 15) is 4.79 Å². The Balaban J connectivity index is 1.49. The van der Waals surface area contributed by atoms with Crippen molar-refractivity contribution in [2.45, 2.75) is 24.8 Å². The van der Waals surface area contributed by atoms with Gasteiger partial charge in [-0.3, -0.25) is 14.8 Å². The summed E-state index contributed by atoms with van der Waals surface area (Å²) < 4.78 is 3.43. The van der Waals surface area contributed by atoms with Crippen LogP contribution < -0.4 is 10.6 Å². The highest BCUT2D eigenvalue weighted by molar-refractivity contribution is 5.92. The Bertz CT molecular complexity index is 1070. The lowest BCUT2D eigenvalue weighted by molar-refractivity contribution is -0.117. The summed E-state index contributed by atoms with van der Waals surface area (Å²) in [4.78, 5) is 20.7. The number of nitriles is 1. The molecule has 0 unspecified atom stereocenters. The number of nitrogens with one attached hydrogen (secondary N) is 2. The summed E-state index contributed by atoms with van der Waals surface area (Å²) in [5, 5.41) is 23.9.